The summed E-state index contributed by atoms with van der Waals surface area (Å²) in [4.78, 5) is 4.44. The van der Waals surface area contributed by atoms with Gasteiger partial charge in [-0.2, -0.15) is 0 Å². The highest BCUT2D eigenvalue weighted by atomic mass is 16.5. The zero-order chi connectivity index (χ0) is 14.8. The number of phenolic OH excluding ortho intramolecular Hbond substituents is 1. The van der Waals surface area contributed by atoms with Crippen molar-refractivity contribution in [1.29, 1.82) is 0 Å². The number of phenols is 1. The van der Waals surface area contributed by atoms with Gasteiger partial charge < -0.3 is 14.6 Å². The molecule has 2 aromatic carbocycles. The number of fused-ring (bicyclic) bond motifs is 1. The second kappa shape index (κ2) is 5.32. The van der Waals surface area contributed by atoms with Crippen LogP contribution in [0.15, 0.2) is 48.7 Å². The molecule has 4 heteroatoms. The third kappa shape index (κ3) is 2.36. The van der Waals surface area contributed by atoms with Gasteiger partial charge in [-0.3, -0.25) is 4.98 Å². The predicted molar refractivity (Wildman–Crippen MR) is 81.9 cm³/mol. The van der Waals surface area contributed by atoms with Crippen LogP contribution in [-0.4, -0.2) is 24.3 Å². The Morgan fingerprint density at radius 3 is 2.43 bits per heavy atom. The zero-order valence-electron chi connectivity index (χ0n) is 11.8. The van der Waals surface area contributed by atoms with E-state index in [0.717, 1.165) is 22.0 Å². The monoisotopic (exact) mass is 281 g/mol. The first kappa shape index (κ1) is 13.2. The molecule has 4 nitrogen and oxygen atoms in total. The Kier molecular flexibility index (Phi) is 3.36. The van der Waals surface area contributed by atoms with Gasteiger partial charge in [0.05, 0.1) is 19.9 Å². The molecule has 0 bridgehead atoms. The van der Waals surface area contributed by atoms with Crippen molar-refractivity contribution in [2.45, 2.75) is 0 Å². The molecule has 0 atom stereocenters. The molecule has 1 heterocycles. The highest BCUT2D eigenvalue weighted by Gasteiger charge is 2.13. The lowest BCUT2D eigenvalue weighted by Gasteiger charge is -2.11. The van der Waals surface area contributed by atoms with Crippen LogP contribution in [0.3, 0.4) is 0 Å². The van der Waals surface area contributed by atoms with Crippen LogP contribution in [0.25, 0.3) is 22.0 Å². The minimum absolute atomic E-state index is 0.0295. The fraction of sp³-hybridized carbons (Fsp3) is 0.118. The van der Waals surface area contributed by atoms with Gasteiger partial charge in [-0.1, -0.05) is 24.3 Å². The number of aromatic nitrogens is 1. The number of hydrogen-bond acceptors (Lipinski definition) is 4. The van der Waals surface area contributed by atoms with Gasteiger partial charge in [0.2, 0.25) is 5.75 Å². The highest BCUT2D eigenvalue weighted by Crippen LogP contribution is 2.40. The first-order valence-electron chi connectivity index (χ1n) is 6.53. The van der Waals surface area contributed by atoms with E-state index in [1.807, 2.05) is 36.5 Å². The summed E-state index contributed by atoms with van der Waals surface area (Å²) in [6, 6.07) is 13.4. The number of ether oxygens (including phenoxy) is 2. The Morgan fingerprint density at radius 2 is 1.71 bits per heavy atom. The molecule has 0 saturated heterocycles. The van der Waals surface area contributed by atoms with Crippen LogP contribution in [0.5, 0.6) is 17.2 Å². The Morgan fingerprint density at radius 1 is 0.952 bits per heavy atom. The van der Waals surface area contributed by atoms with E-state index in [4.69, 9.17) is 9.47 Å². The van der Waals surface area contributed by atoms with E-state index in [9.17, 15) is 5.11 Å². The topological polar surface area (TPSA) is 51.6 Å². The van der Waals surface area contributed by atoms with Crippen molar-refractivity contribution in [3.63, 3.8) is 0 Å². The molecule has 3 aromatic rings. The van der Waals surface area contributed by atoms with Gasteiger partial charge in [-0.15, -0.1) is 0 Å². The average Bonchev–Trinajstić information content (AvgIpc) is 2.53. The molecule has 0 saturated carbocycles. The van der Waals surface area contributed by atoms with Crippen LogP contribution in [-0.2, 0) is 0 Å². The van der Waals surface area contributed by atoms with Crippen LogP contribution in [0.2, 0.25) is 0 Å². The van der Waals surface area contributed by atoms with Gasteiger partial charge in [-0.05, 0) is 23.6 Å². The summed E-state index contributed by atoms with van der Waals surface area (Å²) in [7, 11) is 3.03. The number of methoxy groups -OCH3 is 2. The molecule has 3 rings (SSSR count). The van der Waals surface area contributed by atoms with Gasteiger partial charge in [0, 0.05) is 17.1 Å². The maximum Gasteiger partial charge on any atom is 0.203 e. The molecule has 0 aliphatic rings. The van der Waals surface area contributed by atoms with Crippen LogP contribution in [0.1, 0.15) is 0 Å². The summed E-state index contributed by atoms with van der Waals surface area (Å²) in [5, 5.41) is 12.2. The first-order valence-corrected chi connectivity index (χ1v) is 6.53. The Balaban J connectivity index is 2.15. The molecule has 0 radical (unpaired) electrons. The normalized spacial score (nSPS) is 10.6. The van der Waals surface area contributed by atoms with Crippen molar-refractivity contribution < 1.29 is 14.6 Å². The lowest BCUT2D eigenvalue weighted by Crippen LogP contribution is -1.92. The summed E-state index contributed by atoms with van der Waals surface area (Å²) < 4.78 is 10.4. The summed E-state index contributed by atoms with van der Waals surface area (Å²) in [5.74, 6) is 0.825. The molecule has 0 unspecified atom stereocenters. The lowest BCUT2D eigenvalue weighted by atomic mass is 10.1. The average molecular weight is 281 g/mol. The van der Waals surface area contributed by atoms with Gasteiger partial charge in [0.15, 0.2) is 11.5 Å². The smallest absolute Gasteiger partial charge is 0.203 e. The van der Waals surface area contributed by atoms with E-state index in [0.29, 0.717) is 11.5 Å². The molecule has 1 N–H and O–H groups in total. The SMILES string of the molecule is COc1cc(-c2cc3ccccc3cn2)cc(O)c1OC. The largest absolute Gasteiger partial charge is 0.504 e. The van der Waals surface area contributed by atoms with Crippen molar-refractivity contribution in [3.05, 3.63) is 48.7 Å². The lowest BCUT2D eigenvalue weighted by molar-refractivity contribution is 0.333. The Hall–Kier alpha value is -2.75. The number of pyridine rings is 1. The van der Waals surface area contributed by atoms with E-state index in [1.54, 1.807) is 12.1 Å². The third-order valence-corrected chi connectivity index (χ3v) is 3.39. The van der Waals surface area contributed by atoms with E-state index < -0.39 is 0 Å². The molecule has 0 aliphatic carbocycles. The number of rotatable bonds is 3. The molecular weight excluding hydrogens is 266 g/mol. The highest BCUT2D eigenvalue weighted by molar-refractivity contribution is 5.85. The van der Waals surface area contributed by atoms with Crippen molar-refractivity contribution in [2.24, 2.45) is 0 Å². The molecule has 0 amide bonds. The van der Waals surface area contributed by atoms with Gasteiger partial charge in [0.25, 0.3) is 0 Å². The second-order valence-corrected chi connectivity index (χ2v) is 4.65. The summed E-state index contributed by atoms with van der Waals surface area (Å²) in [6.45, 7) is 0. The van der Waals surface area contributed by atoms with Crippen molar-refractivity contribution in [2.75, 3.05) is 14.2 Å². The minimum Gasteiger partial charge on any atom is -0.504 e. The fourth-order valence-corrected chi connectivity index (χ4v) is 2.33. The fourth-order valence-electron chi connectivity index (χ4n) is 2.33. The molecule has 0 aliphatic heterocycles. The van der Waals surface area contributed by atoms with E-state index >= 15 is 0 Å². The number of nitrogens with zero attached hydrogens (tertiary/aromatic N) is 1. The molecule has 0 fully saturated rings. The van der Waals surface area contributed by atoms with Crippen molar-refractivity contribution in [3.8, 4) is 28.5 Å². The first-order chi connectivity index (χ1) is 10.2. The number of aromatic hydroxyl groups is 1. The Labute approximate surface area is 122 Å². The quantitative estimate of drug-likeness (QED) is 0.796. The van der Waals surface area contributed by atoms with E-state index in [-0.39, 0.29) is 5.75 Å². The second-order valence-electron chi connectivity index (χ2n) is 4.65. The van der Waals surface area contributed by atoms with Crippen LogP contribution >= 0.6 is 0 Å². The summed E-state index contributed by atoms with van der Waals surface area (Å²) in [6.07, 6.45) is 1.82. The maximum absolute atomic E-state index is 10.0. The summed E-state index contributed by atoms with van der Waals surface area (Å²) >= 11 is 0. The predicted octanol–water partition coefficient (Wildman–Crippen LogP) is 3.62. The van der Waals surface area contributed by atoms with Gasteiger partial charge >= 0.3 is 0 Å². The molecular formula is C17H15NO3. The third-order valence-electron chi connectivity index (χ3n) is 3.39. The van der Waals surface area contributed by atoms with Crippen molar-refractivity contribution >= 4 is 10.8 Å². The van der Waals surface area contributed by atoms with Gasteiger partial charge in [0.1, 0.15) is 0 Å². The van der Waals surface area contributed by atoms with Crippen LogP contribution in [0, 0.1) is 0 Å². The van der Waals surface area contributed by atoms with E-state index in [1.165, 1.54) is 14.2 Å². The number of hydrogen-bond donors (Lipinski definition) is 1. The zero-order valence-corrected chi connectivity index (χ0v) is 11.8. The molecule has 106 valence electrons. The van der Waals surface area contributed by atoms with E-state index in [2.05, 4.69) is 4.98 Å². The number of benzene rings is 2. The molecule has 1 aromatic heterocycles. The minimum atomic E-state index is 0.0295. The van der Waals surface area contributed by atoms with Gasteiger partial charge in [-0.25, -0.2) is 0 Å². The van der Waals surface area contributed by atoms with Crippen molar-refractivity contribution in [1.82, 2.24) is 4.98 Å². The standard InChI is InChI=1S/C17H15NO3/c1-20-16-9-13(8-15(19)17(16)21-2)14-7-11-5-3-4-6-12(11)10-18-14/h3-10,19H,1-2H3. The Bertz CT molecular complexity index is 799. The maximum atomic E-state index is 10.0. The summed E-state index contributed by atoms with van der Waals surface area (Å²) in [5.41, 5.74) is 1.54. The van der Waals surface area contributed by atoms with Crippen LogP contribution < -0.4 is 9.47 Å². The molecule has 21 heavy (non-hydrogen) atoms. The van der Waals surface area contributed by atoms with Crippen LogP contribution in [0.4, 0.5) is 0 Å². The molecule has 0 spiro atoms.